The Bertz CT molecular complexity index is 359. The van der Waals surface area contributed by atoms with Crippen molar-refractivity contribution in [2.75, 3.05) is 6.61 Å². The van der Waals surface area contributed by atoms with Crippen LogP contribution in [0.3, 0.4) is 0 Å². The van der Waals surface area contributed by atoms with Gasteiger partial charge in [0, 0.05) is 13.0 Å². The van der Waals surface area contributed by atoms with E-state index in [-0.39, 0.29) is 6.04 Å². The van der Waals surface area contributed by atoms with E-state index in [4.69, 9.17) is 15.0 Å². The summed E-state index contributed by atoms with van der Waals surface area (Å²) in [6.07, 6.45) is 5.68. The molecule has 102 valence electrons. The molecule has 2 heterocycles. The first kappa shape index (κ1) is 13.5. The zero-order valence-electron chi connectivity index (χ0n) is 11.3. The highest BCUT2D eigenvalue weighted by Crippen LogP contribution is 2.19. The van der Waals surface area contributed by atoms with Crippen molar-refractivity contribution in [1.29, 1.82) is 0 Å². The third-order valence-corrected chi connectivity index (χ3v) is 3.45. The van der Waals surface area contributed by atoms with Crippen LogP contribution in [0.15, 0.2) is 4.52 Å². The van der Waals surface area contributed by atoms with Gasteiger partial charge in [0.25, 0.3) is 0 Å². The Hall–Kier alpha value is -0.940. The summed E-state index contributed by atoms with van der Waals surface area (Å²) >= 11 is 0. The van der Waals surface area contributed by atoms with Crippen molar-refractivity contribution in [2.45, 2.75) is 58.1 Å². The van der Waals surface area contributed by atoms with Gasteiger partial charge in [-0.2, -0.15) is 4.98 Å². The van der Waals surface area contributed by atoms with Crippen LogP contribution in [0.4, 0.5) is 0 Å². The number of rotatable bonds is 5. The average molecular weight is 253 g/mol. The summed E-state index contributed by atoms with van der Waals surface area (Å²) < 4.78 is 10.9. The van der Waals surface area contributed by atoms with Gasteiger partial charge in [0.05, 0.1) is 12.1 Å². The summed E-state index contributed by atoms with van der Waals surface area (Å²) in [5.74, 6) is 1.61. The molecule has 0 aliphatic carbocycles. The predicted molar refractivity (Wildman–Crippen MR) is 68.0 cm³/mol. The number of aryl methyl sites for hydroxylation is 1. The molecule has 5 heteroatoms. The van der Waals surface area contributed by atoms with Crippen molar-refractivity contribution < 1.29 is 9.26 Å². The summed E-state index contributed by atoms with van der Waals surface area (Å²) in [5, 5.41) is 3.95. The van der Waals surface area contributed by atoms with Gasteiger partial charge >= 0.3 is 0 Å². The molecule has 0 bridgehead atoms. The predicted octanol–water partition coefficient (Wildman–Crippen LogP) is 2.23. The first-order valence-electron chi connectivity index (χ1n) is 6.86. The van der Waals surface area contributed by atoms with E-state index in [2.05, 4.69) is 24.0 Å². The van der Waals surface area contributed by atoms with E-state index in [9.17, 15) is 0 Å². The Kier molecular flexibility index (Phi) is 4.72. The van der Waals surface area contributed by atoms with Gasteiger partial charge < -0.3 is 15.0 Å². The molecule has 0 spiro atoms. The molecule has 1 aromatic heterocycles. The van der Waals surface area contributed by atoms with Gasteiger partial charge in [-0.15, -0.1) is 0 Å². The van der Waals surface area contributed by atoms with Gasteiger partial charge in [0.15, 0.2) is 5.82 Å². The van der Waals surface area contributed by atoms with E-state index < -0.39 is 0 Å². The Balaban J connectivity index is 1.82. The number of nitrogens with two attached hydrogens (primary N) is 1. The third-order valence-electron chi connectivity index (χ3n) is 3.45. The van der Waals surface area contributed by atoms with Crippen molar-refractivity contribution in [1.82, 2.24) is 10.1 Å². The fourth-order valence-corrected chi connectivity index (χ4v) is 2.12. The lowest BCUT2D eigenvalue weighted by Gasteiger charge is -2.21. The van der Waals surface area contributed by atoms with E-state index in [1.165, 1.54) is 12.8 Å². The van der Waals surface area contributed by atoms with Crippen molar-refractivity contribution in [3.8, 4) is 0 Å². The summed E-state index contributed by atoms with van der Waals surface area (Å²) in [6, 6.07) is -0.145. The summed E-state index contributed by atoms with van der Waals surface area (Å²) in [7, 11) is 0. The van der Waals surface area contributed by atoms with Crippen molar-refractivity contribution in [3.63, 3.8) is 0 Å². The second-order valence-electron chi connectivity index (χ2n) is 5.34. The van der Waals surface area contributed by atoms with Gasteiger partial charge in [-0.25, -0.2) is 0 Å². The summed E-state index contributed by atoms with van der Waals surface area (Å²) in [6.45, 7) is 4.99. The Labute approximate surface area is 108 Å². The van der Waals surface area contributed by atoms with Gasteiger partial charge in [0.1, 0.15) is 0 Å². The zero-order valence-corrected chi connectivity index (χ0v) is 11.3. The van der Waals surface area contributed by atoms with Crippen molar-refractivity contribution in [3.05, 3.63) is 11.7 Å². The normalized spacial score (nSPS) is 22.3. The van der Waals surface area contributed by atoms with Gasteiger partial charge in [0.2, 0.25) is 5.89 Å². The SMILES string of the molecule is CC(C)C(N)c1noc(CCC2CCCCO2)n1. The minimum absolute atomic E-state index is 0.145. The van der Waals surface area contributed by atoms with Crippen LogP contribution in [-0.4, -0.2) is 22.9 Å². The van der Waals surface area contributed by atoms with Gasteiger partial charge in [-0.3, -0.25) is 0 Å². The van der Waals surface area contributed by atoms with E-state index in [0.717, 1.165) is 25.9 Å². The molecule has 0 amide bonds. The lowest BCUT2D eigenvalue weighted by molar-refractivity contribution is 0.0104. The summed E-state index contributed by atoms with van der Waals surface area (Å²) in [4.78, 5) is 4.36. The standard InChI is InChI=1S/C13H23N3O2/c1-9(2)12(14)13-15-11(18-16-13)7-6-10-5-3-4-8-17-10/h9-10,12H,3-8,14H2,1-2H3. The first-order chi connectivity index (χ1) is 8.66. The topological polar surface area (TPSA) is 74.2 Å². The number of hydrogen-bond donors (Lipinski definition) is 1. The van der Waals surface area contributed by atoms with E-state index >= 15 is 0 Å². The summed E-state index contributed by atoms with van der Waals surface area (Å²) in [5.41, 5.74) is 5.98. The number of aromatic nitrogens is 2. The lowest BCUT2D eigenvalue weighted by atomic mass is 10.0. The highest BCUT2D eigenvalue weighted by atomic mass is 16.5. The second kappa shape index (κ2) is 6.29. The minimum Gasteiger partial charge on any atom is -0.378 e. The molecule has 1 saturated heterocycles. The molecule has 2 rings (SSSR count). The molecule has 0 radical (unpaired) electrons. The second-order valence-corrected chi connectivity index (χ2v) is 5.34. The quantitative estimate of drug-likeness (QED) is 0.871. The Morgan fingerprint density at radius 2 is 2.22 bits per heavy atom. The number of hydrogen-bond acceptors (Lipinski definition) is 5. The Morgan fingerprint density at radius 1 is 1.39 bits per heavy atom. The molecule has 2 unspecified atom stereocenters. The number of nitrogens with zero attached hydrogens (tertiary/aromatic N) is 2. The number of ether oxygens (including phenoxy) is 1. The van der Waals surface area contributed by atoms with Crippen LogP contribution in [0.1, 0.15) is 57.3 Å². The molecule has 1 aromatic rings. The highest BCUT2D eigenvalue weighted by Gasteiger charge is 2.19. The molecule has 5 nitrogen and oxygen atoms in total. The molecule has 2 N–H and O–H groups in total. The zero-order chi connectivity index (χ0) is 13.0. The maximum absolute atomic E-state index is 5.98. The van der Waals surface area contributed by atoms with Crippen LogP contribution in [0.5, 0.6) is 0 Å². The molecular formula is C13H23N3O2. The third kappa shape index (κ3) is 3.53. The smallest absolute Gasteiger partial charge is 0.226 e. The molecule has 18 heavy (non-hydrogen) atoms. The highest BCUT2D eigenvalue weighted by molar-refractivity contribution is 4.94. The van der Waals surface area contributed by atoms with Crippen LogP contribution in [0, 0.1) is 5.92 Å². The van der Waals surface area contributed by atoms with Crippen LogP contribution < -0.4 is 5.73 Å². The average Bonchev–Trinajstić information content (AvgIpc) is 2.85. The minimum atomic E-state index is -0.145. The molecule has 2 atom stereocenters. The largest absolute Gasteiger partial charge is 0.378 e. The molecule has 1 aliphatic heterocycles. The molecule has 0 saturated carbocycles. The van der Waals surface area contributed by atoms with Crippen LogP contribution in [0.25, 0.3) is 0 Å². The van der Waals surface area contributed by atoms with Crippen LogP contribution in [0.2, 0.25) is 0 Å². The first-order valence-corrected chi connectivity index (χ1v) is 6.86. The van der Waals surface area contributed by atoms with Crippen molar-refractivity contribution >= 4 is 0 Å². The molecular weight excluding hydrogens is 230 g/mol. The fourth-order valence-electron chi connectivity index (χ4n) is 2.12. The Morgan fingerprint density at radius 3 is 2.89 bits per heavy atom. The molecule has 1 fully saturated rings. The molecule has 0 aromatic carbocycles. The maximum atomic E-state index is 5.98. The van der Waals surface area contributed by atoms with Crippen molar-refractivity contribution in [2.24, 2.45) is 11.7 Å². The fraction of sp³-hybridized carbons (Fsp3) is 0.846. The molecule has 1 aliphatic rings. The lowest BCUT2D eigenvalue weighted by Crippen LogP contribution is -2.20. The van der Waals surface area contributed by atoms with E-state index in [1.807, 2.05) is 0 Å². The van der Waals surface area contributed by atoms with Crippen LogP contribution in [-0.2, 0) is 11.2 Å². The van der Waals surface area contributed by atoms with Crippen LogP contribution >= 0.6 is 0 Å². The van der Waals surface area contributed by atoms with E-state index in [1.54, 1.807) is 0 Å². The maximum Gasteiger partial charge on any atom is 0.226 e. The monoisotopic (exact) mass is 253 g/mol. The van der Waals surface area contributed by atoms with E-state index in [0.29, 0.717) is 23.7 Å². The van der Waals surface area contributed by atoms with Gasteiger partial charge in [-0.05, 0) is 31.6 Å². The van der Waals surface area contributed by atoms with Gasteiger partial charge in [-0.1, -0.05) is 19.0 Å².